The Labute approximate surface area is 174 Å². The molecule has 6 nitrogen and oxygen atoms in total. The lowest BCUT2D eigenvalue weighted by molar-refractivity contribution is 0.0531. The van der Waals surface area contributed by atoms with Crippen LogP contribution in [-0.2, 0) is 19.6 Å². The van der Waals surface area contributed by atoms with Crippen LogP contribution in [0.25, 0.3) is 0 Å². The second kappa shape index (κ2) is 13.0. The Morgan fingerprint density at radius 1 is 1.21 bits per heavy atom. The minimum Gasteiger partial charge on any atom is -0.382 e. The van der Waals surface area contributed by atoms with Gasteiger partial charge in [0, 0.05) is 50.5 Å². The van der Waals surface area contributed by atoms with E-state index in [4.69, 9.17) is 30.8 Å². The number of halogens is 1. The van der Waals surface area contributed by atoms with Crippen molar-refractivity contribution in [2.75, 3.05) is 59.8 Å². The molecular weight excluding hydrogens is 378 g/mol. The van der Waals surface area contributed by atoms with Gasteiger partial charge >= 0.3 is 0 Å². The average Bonchev–Trinajstić information content (AvgIpc) is 2.72. The first-order chi connectivity index (χ1) is 13.7. The van der Waals surface area contributed by atoms with Crippen molar-refractivity contribution in [3.05, 3.63) is 34.9 Å². The van der Waals surface area contributed by atoms with Gasteiger partial charge in [0.25, 0.3) is 0 Å². The van der Waals surface area contributed by atoms with Crippen molar-refractivity contribution in [2.24, 2.45) is 4.99 Å². The van der Waals surface area contributed by atoms with Gasteiger partial charge in [0.15, 0.2) is 5.96 Å². The summed E-state index contributed by atoms with van der Waals surface area (Å²) in [7, 11) is 1.68. The normalized spacial score (nSPS) is 16.8. The van der Waals surface area contributed by atoms with Crippen LogP contribution in [-0.4, -0.2) is 65.7 Å². The SMILES string of the molecule is CCNC(=NCC1(c2cccc(Cl)c2)CCOCC1)NCCCOCCOC. The van der Waals surface area contributed by atoms with Crippen molar-refractivity contribution in [2.45, 2.75) is 31.6 Å². The van der Waals surface area contributed by atoms with Crippen LogP contribution in [0.5, 0.6) is 0 Å². The number of guanidine groups is 1. The fourth-order valence-electron chi connectivity index (χ4n) is 3.32. The number of methoxy groups -OCH3 is 1. The summed E-state index contributed by atoms with van der Waals surface area (Å²) >= 11 is 6.26. The lowest BCUT2D eigenvalue weighted by atomic mass is 9.74. The Morgan fingerprint density at radius 3 is 2.75 bits per heavy atom. The smallest absolute Gasteiger partial charge is 0.191 e. The van der Waals surface area contributed by atoms with Crippen LogP contribution < -0.4 is 10.6 Å². The minimum absolute atomic E-state index is 0.0330. The van der Waals surface area contributed by atoms with Crippen LogP contribution in [0.3, 0.4) is 0 Å². The van der Waals surface area contributed by atoms with Crippen LogP contribution in [0.2, 0.25) is 5.02 Å². The number of nitrogens with zero attached hydrogens (tertiary/aromatic N) is 1. The highest BCUT2D eigenvalue weighted by Crippen LogP contribution is 2.36. The summed E-state index contributed by atoms with van der Waals surface area (Å²) in [6.07, 6.45) is 2.81. The predicted octanol–water partition coefficient (Wildman–Crippen LogP) is 3.00. The van der Waals surface area contributed by atoms with Gasteiger partial charge in [-0.1, -0.05) is 23.7 Å². The summed E-state index contributed by atoms with van der Waals surface area (Å²) in [5.41, 5.74) is 1.21. The first-order valence-corrected chi connectivity index (χ1v) is 10.5. The zero-order chi connectivity index (χ0) is 20.1. The Balaban J connectivity index is 1.95. The third kappa shape index (κ3) is 7.59. The van der Waals surface area contributed by atoms with Crippen LogP contribution in [0.4, 0.5) is 0 Å². The van der Waals surface area contributed by atoms with Gasteiger partial charge in [0.2, 0.25) is 0 Å². The number of hydrogen-bond acceptors (Lipinski definition) is 4. The quantitative estimate of drug-likeness (QED) is 0.333. The third-order valence-corrected chi connectivity index (χ3v) is 5.20. The molecule has 0 atom stereocenters. The molecule has 0 saturated carbocycles. The first kappa shape index (κ1) is 22.9. The number of nitrogens with one attached hydrogen (secondary N) is 2. The van der Waals surface area contributed by atoms with Crippen LogP contribution in [0.1, 0.15) is 31.7 Å². The van der Waals surface area contributed by atoms with Crippen molar-refractivity contribution in [3.63, 3.8) is 0 Å². The van der Waals surface area contributed by atoms with Gasteiger partial charge in [-0.2, -0.15) is 0 Å². The molecule has 158 valence electrons. The molecule has 0 amide bonds. The highest BCUT2D eigenvalue weighted by Gasteiger charge is 2.34. The van der Waals surface area contributed by atoms with Gasteiger partial charge in [-0.3, -0.25) is 4.99 Å². The number of hydrogen-bond donors (Lipinski definition) is 2. The van der Waals surface area contributed by atoms with Gasteiger partial charge in [-0.15, -0.1) is 0 Å². The van der Waals surface area contributed by atoms with Crippen LogP contribution in [0, 0.1) is 0 Å². The van der Waals surface area contributed by atoms with Gasteiger partial charge in [-0.05, 0) is 43.9 Å². The fourth-order valence-corrected chi connectivity index (χ4v) is 3.51. The topological polar surface area (TPSA) is 64.1 Å². The van der Waals surface area contributed by atoms with Gasteiger partial charge in [-0.25, -0.2) is 0 Å². The van der Waals surface area contributed by atoms with Crippen molar-refractivity contribution < 1.29 is 14.2 Å². The molecule has 1 saturated heterocycles. The summed E-state index contributed by atoms with van der Waals surface area (Å²) in [5.74, 6) is 0.840. The first-order valence-electron chi connectivity index (χ1n) is 10.1. The van der Waals surface area contributed by atoms with E-state index in [1.807, 2.05) is 12.1 Å². The molecule has 2 rings (SSSR count). The lowest BCUT2D eigenvalue weighted by Crippen LogP contribution is -2.41. The molecule has 0 aliphatic carbocycles. The molecule has 1 heterocycles. The van der Waals surface area contributed by atoms with Crippen molar-refractivity contribution in [1.82, 2.24) is 10.6 Å². The minimum atomic E-state index is -0.0330. The van der Waals surface area contributed by atoms with Crippen molar-refractivity contribution in [1.29, 1.82) is 0 Å². The molecule has 0 spiro atoms. The Hall–Kier alpha value is -1.34. The van der Waals surface area contributed by atoms with E-state index in [-0.39, 0.29) is 5.41 Å². The Bertz CT molecular complexity index is 592. The highest BCUT2D eigenvalue weighted by atomic mass is 35.5. The zero-order valence-corrected chi connectivity index (χ0v) is 17.9. The second-order valence-electron chi connectivity index (χ2n) is 6.98. The molecule has 0 aromatic heterocycles. The monoisotopic (exact) mass is 411 g/mol. The molecule has 1 aromatic carbocycles. The molecular formula is C21H34ClN3O3. The molecule has 0 bridgehead atoms. The van der Waals surface area contributed by atoms with E-state index in [1.165, 1.54) is 5.56 Å². The molecule has 1 aromatic rings. The fraction of sp³-hybridized carbons (Fsp3) is 0.667. The molecule has 1 fully saturated rings. The molecule has 2 N–H and O–H groups in total. The highest BCUT2D eigenvalue weighted by molar-refractivity contribution is 6.30. The predicted molar refractivity (Wildman–Crippen MR) is 114 cm³/mol. The largest absolute Gasteiger partial charge is 0.382 e. The molecule has 28 heavy (non-hydrogen) atoms. The lowest BCUT2D eigenvalue weighted by Gasteiger charge is -2.36. The average molecular weight is 412 g/mol. The molecule has 0 unspecified atom stereocenters. The summed E-state index contributed by atoms with van der Waals surface area (Å²) in [4.78, 5) is 4.90. The zero-order valence-electron chi connectivity index (χ0n) is 17.1. The van der Waals surface area contributed by atoms with Gasteiger partial charge in [0.05, 0.1) is 19.8 Å². The standard InChI is InChI=1S/C21H34ClN3O3/c1-3-23-20(24-10-5-11-27-15-14-26-2)25-17-21(8-12-28-13-9-21)18-6-4-7-19(22)16-18/h4,6-7,16H,3,5,8-15,17H2,1-2H3,(H2,23,24,25). The van der Waals surface area contributed by atoms with Crippen LogP contribution in [0.15, 0.2) is 29.3 Å². The molecule has 1 aliphatic heterocycles. The number of ether oxygens (including phenoxy) is 3. The van der Waals surface area contributed by atoms with Crippen molar-refractivity contribution >= 4 is 17.6 Å². The third-order valence-electron chi connectivity index (χ3n) is 4.96. The molecule has 7 heteroatoms. The van der Waals surface area contributed by atoms with E-state index < -0.39 is 0 Å². The maximum absolute atomic E-state index is 6.26. The van der Waals surface area contributed by atoms with E-state index in [0.717, 1.165) is 56.5 Å². The number of benzene rings is 1. The molecule has 1 aliphatic rings. The van der Waals surface area contributed by atoms with E-state index in [1.54, 1.807) is 7.11 Å². The van der Waals surface area contributed by atoms with E-state index >= 15 is 0 Å². The molecule has 0 radical (unpaired) electrons. The van der Waals surface area contributed by atoms with E-state index in [0.29, 0.717) is 26.4 Å². The Kier molecular flexibility index (Phi) is 10.6. The van der Waals surface area contributed by atoms with Gasteiger partial charge in [0.1, 0.15) is 0 Å². The maximum atomic E-state index is 6.26. The number of rotatable bonds is 11. The van der Waals surface area contributed by atoms with E-state index in [9.17, 15) is 0 Å². The summed E-state index contributed by atoms with van der Waals surface area (Å²) < 4.78 is 16.1. The maximum Gasteiger partial charge on any atom is 0.191 e. The summed E-state index contributed by atoms with van der Waals surface area (Å²) in [6, 6.07) is 8.16. The van der Waals surface area contributed by atoms with Crippen LogP contribution >= 0.6 is 11.6 Å². The Morgan fingerprint density at radius 2 is 2.04 bits per heavy atom. The second-order valence-corrected chi connectivity index (χ2v) is 7.42. The summed E-state index contributed by atoms with van der Waals surface area (Å²) in [6.45, 7) is 7.90. The van der Waals surface area contributed by atoms with E-state index in [2.05, 4.69) is 29.7 Å². The summed E-state index contributed by atoms with van der Waals surface area (Å²) in [5, 5.41) is 7.51. The van der Waals surface area contributed by atoms with Gasteiger partial charge < -0.3 is 24.8 Å². The number of aliphatic imine (C=N–C) groups is 1. The van der Waals surface area contributed by atoms with Crippen molar-refractivity contribution in [3.8, 4) is 0 Å².